The van der Waals surface area contributed by atoms with E-state index in [1.54, 1.807) is 4.57 Å². The number of hydrogen-bond acceptors (Lipinski definition) is 3. The van der Waals surface area contributed by atoms with Crippen LogP contribution in [0.3, 0.4) is 0 Å². The minimum Gasteiger partial charge on any atom is -0.287 e. The van der Waals surface area contributed by atoms with Gasteiger partial charge in [-0.25, -0.2) is 0 Å². The minimum atomic E-state index is -0.478. The molecule has 0 saturated carbocycles. The van der Waals surface area contributed by atoms with E-state index in [9.17, 15) is 14.9 Å². The lowest BCUT2D eigenvalue weighted by Crippen LogP contribution is -2.37. The quantitative estimate of drug-likeness (QED) is 0.301. The number of ketones is 1. The molecule has 0 aliphatic rings. The summed E-state index contributed by atoms with van der Waals surface area (Å²) in [7, 11) is 0. The number of nitrogens with zero attached hydrogens (tertiary/aromatic N) is 2. The lowest BCUT2D eigenvalue weighted by Gasteiger charge is -2.02. The first-order chi connectivity index (χ1) is 12.1. The molecule has 1 heterocycles. The highest BCUT2D eigenvalue weighted by Gasteiger charge is 2.14. The second kappa shape index (κ2) is 7.49. The van der Waals surface area contributed by atoms with Crippen molar-refractivity contribution in [2.24, 2.45) is 0 Å². The van der Waals surface area contributed by atoms with Crippen LogP contribution < -0.4 is 4.57 Å². The molecular formula is C20H17N2O3+. The summed E-state index contributed by atoms with van der Waals surface area (Å²) in [5.41, 5.74) is 2.85. The van der Waals surface area contributed by atoms with Crippen LogP contribution in [0.25, 0.3) is 0 Å². The van der Waals surface area contributed by atoms with Crippen molar-refractivity contribution in [3.63, 3.8) is 0 Å². The van der Waals surface area contributed by atoms with Crippen LogP contribution in [0.2, 0.25) is 0 Å². The van der Waals surface area contributed by atoms with Crippen molar-refractivity contribution >= 4 is 11.5 Å². The molecule has 2 aromatic carbocycles. The van der Waals surface area contributed by atoms with Crippen LogP contribution in [-0.2, 0) is 13.0 Å². The number of benzene rings is 2. The van der Waals surface area contributed by atoms with E-state index >= 15 is 0 Å². The zero-order valence-electron chi connectivity index (χ0n) is 13.5. The van der Waals surface area contributed by atoms with Gasteiger partial charge < -0.3 is 0 Å². The molecule has 0 radical (unpaired) electrons. The van der Waals surface area contributed by atoms with Gasteiger partial charge in [-0.05, 0) is 29.7 Å². The third kappa shape index (κ3) is 4.35. The first-order valence-corrected chi connectivity index (χ1v) is 7.91. The van der Waals surface area contributed by atoms with Gasteiger partial charge in [-0.1, -0.05) is 30.3 Å². The molecule has 0 aliphatic carbocycles. The van der Waals surface area contributed by atoms with Crippen molar-refractivity contribution in [3.8, 4) is 0 Å². The summed E-state index contributed by atoms with van der Waals surface area (Å²) in [5.74, 6) is -0.0873. The highest BCUT2D eigenvalue weighted by Crippen LogP contribution is 2.12. The largest absolute Gasteiger partial charge is 0.287 e. The average molecular weight is 333 g/mol. The maximum atomic E-state index is 12.3. The Morgan fingerprint density at radius 2 is 1.48 bits per heavy atom. The Morgan fingerprint density at radius 1 is 0.880 bits per heavy atom. The van der Waals surface area contributed by atoms with Gasteiger partial charge >= 0.3 is 0 Å². The molecule has 5 heteroatoms. The van der Waals surface area contributed by atoms with E-state index in [1.807, 2.05) is 42.7 Å². The number of rotatable bonds is 6. The van der Waals surface area contributed by atoms with E-state index in [4.69, 9.17) is 0 Å². The van der Waals surface area contributed by atoms with E-state index in [-0.39, 0.29) is 18.0 Å². The Morgan fingerprint density at radius 3 is 2.08 bits per heavy atom. The van der Waals surface area contributed by atoms with Crippen molar-refractivity contribution < 1.29 is 14.3 Å². The Balaban J connectivity index is 1.64. The summed E-state index contributed by atoms with van der Waals surface area (Å²) in [6.07, 6.45) is 4.60. The molecule has 0 aliphatic heterocycles. The second-order valence-electron chi connectivity index (χ2n) is 5.77. The molecular weight excluding hydrogens is 316 g/mol. The summed E-state index contributed by atoms with van der Waals surface area (Å²) < 4.78 is 1.80. The van der Waals surface area contributed by atoms with Crippen LogP contribution in [0, 0.1) is 10.1 Å². The zero-order chi connectivity index (χ0) is 17.6. The Kier molecular flexibility index (Phi) is 4.95. The van der Waals surface area contributed by atoms with Crippen LogP contribution in [0.1, 0.15) is 21.5 Å². The number of nitro benzene ring substituents is 1. The van der Waals surface area contributed by atoms with Crippen LogP contribution in [-0.4, -0.2) is 10.7 Å². The monoisotopic (exact) mass is 333 g/mol. The summed E-state index contributed by atoms with van der Waals surface area (Å²) in [5, 5.41) is 10.7. The molecule has 0 fully saturated rings. The van der Waals surface area contributed by atoms with E-state index in [0.717, 1.165) is 6.42 Å². The normalized spacial score (nSPS) is 10.4. The number of nitro groups is 1. The van der Waals surface area contributed by atoms with Crippen LogP contribution >= 0.6 is 0 Å². The van der Waals surface area contributed by atoms with Gasteiger partial charge in [0.15, 0.2) is 12.4 Å². The smallest absolute Gasteiger partial charge is 0.269 e. The summed E-state index contributed by atoms with van der Waals surface area (Å²) in [6.45, 7) is 0.198. The predicted molar refractivity (Wildman–Crippen MR) is 93.3 cm³/mol. The van der Waals surface area contributed by atoms with Gasteiger partial charge in [-0.3, -0.25) is 14.9 Å². The molecule has 1 aromatic heterocycles. The number of pyridine rings is 1. The number of hydrogen-bond donors (Lipinski definition) is 0. The molecule has 0 saturated heterocycles. The standard InChI is InChI=1S/C20H17N2O3/c23-20(18-6-8-19(9-7-18)22(24)25)15-21-12-10-17(11-13-21)14-16-4-2-1-3-5-16/h1-13H,14-15H2/q+1. The Hall–Kier alpha value is -3.34. The third-order valence-corrected chi connectivity index (χ3v) is 3.94. The fraction of sp³-hybridized carbons (Fsp3) is 0.100. The first-order valence-electron chi connectivity index (χ1n) is 7.91. The van der Waals surface area contributed by atoms with Crippen LogP contribution in [0.15, 0.2) is 79.1 Å². The lowest BCUT2D eigenvalue weighted by molar-refractivity contribution is -0.683. The van der Waals surface area contributed by atoms with Crippen molar-refractivity contribution in [1.29, 1.82) is 0 Å². The predicted octanol–water partition coefficient (Wildman–Crippen LogP) is 3.36. The first kappa shape index (κ1) is 16.5. The number of Topliss-reactive ketones (excluding diaryl/α,β-unsaturated/α-hetero) is 1. The summed E-state index contributed by atoms with van der Waals surface area (Å²) in [6, 6.07) is 19.9. The molecule has 124 valence electrons. The number of carbonyl (C=O) groups excluding carboxylic acids is 1. The number of non-ortho nitro benzene ring substituents is 1. The molecule has 0 spiro atoms. The molecule has 0 amide bonds. The second-order valence-corrected chi connectivity index (χ2v) is 5.77. The van der Waals surface area contributed by atoms with Gasteiger partial charge in [0, 0.05) is 29.8 Å². The third-order valence-electron chi connectivity index (χ3n) is 3.94. The highest BCUT2D eigenvalue weighted by molar-refractivity contribution is 5.95. The van der Waals surface area contributed by atoms with Crippen molar-refractivity contribution in [1.82, 2.24) is 0 Å². The van der Waals surface area contributed by atoms with Gasteiger partial charge in [0.25, 0.3) is 5.69 Å². The molecule has 0 bridgehead atoms. The summed E-state index contributed by atoms with van der Waals surface area (Å²) in [4.78, 5) is 22.5. The molecule has 0 atom stereocenters. The van der Waals surface area contributed by atoms with Gasteiger partial charge in [0.1, 0.15) is 0 Å². The summed E-state index contributed by atoms with van der Waals surface area (Å²) >= 11 is 0. The van der Waals surface area contributed by atoms with Crippen molar-refractivity contribution in [2.45, 2.75) is 13.0 Å². The fourth-order valence-corrected chi connectivity index (χ4v) is 2.57. The molecule has 0 unspecified atom stereocenters. The molecule has 3 aromatic rings. The maximum Gasteiger partial charge on any atom is 0.269 e. The van der Waals surface area contributed by atoms with E-state index < -0.39 is 4.92 Å². The average Bonchev–Trinajstić information content (AvgIpc) is 2.64. The minimum absolute atomic E-state index is 0.0190. The van der Waals surface area contributed by atoms with Gasteiger partial charge in [0.2, 0.25) is 12.3 Å². The van der Waals surface area contributed by atoms with E-state index in [0.29, 0.717) is 5.56 Å². The van der Waals surface area contributed by atoms with Crippen LogP contribution in [0.4, 0.5) is 5.69 Å². The van der Waals surface area contributed by atoms with Crippen molar-refractivity contribution in [3.05, 3.63) is 106 Å². The maximum absolute atomic E-state index is 12.3. The van der Waals surface area contributed by atoms with E-state index in [2.05, 4.69) is 12.1 Å². The Bertz CT molecular complexity index is 873. The fourth-order valence-electron chi connectivity index (χ4n) is 2.57. The topological polar surface area (TPSA) is 64.1 Å². The van der Waals surface area contributed by atoms with Crippen LogP contribution in [0.5, 0.6) is 0 Å². The number of carbonyl (C=O) groups is 1. The van der Waals surface area contributed by atoms with E-state index in [1.165, 1.54) is 35.4 Å². The number of aromatic nitrogens is 1. The van der Waals surface area contributed by atoms with Gasteiger partial charge in [-0.15, -0.1) is 0 Å². The molecule has 0 N–H and O–H groups in total. The SMILES string of the molecule is O=C(C[n+]1ccc(Cc2ccccc2)cc1)c1ccc([N+](=O)[O-])cc1. The zero-order valence-corrected chi connectivity index (χ0v) is 13.5. The lowest BCUT2D eigenvalue weighted by atomic mass is 10.1. The molecule has 25 heavy (non-hydrogen) atoms. The highest BCUT2D eigenvalue weighted by atomic mass is 16.6. The van der Waals surface area contributed by atoms with Crippen molar-refractivity contribution in [2.75, 3.05) is 0 Å². The Labute approximate surface area is 145 Å². The van der Waals surface area contributed by atoms with Gasteiger partial charge in [-0.2, -0.15) is 4.57 Å². The molecule has 5 nitrogen and oxygen atoms in total. The van der Waals surface area contributed by atoms with Gasteiger partial charge in [0.05, 0.1) is 4.92 Å². The molecule has 3 rings (SSSR count).